The fourth-order valence-electron chi connectivity index (χ4n) is 3.30. The molecule has 3 aromatic rings. The van der Waals surface area contributed by atoms with E-state index in [1.165, 1.54) is 12.1 Å². The largest absolute Gasteiger partial charge is 0.345 e. The van der Waals surface area contributed by atoms with Crippen molar-refractivity contribution in [3.63, 3.8) is 0 Å². The zero-order valence-electron chi connectivity index (χ0n) is 17.0. The van der Waals surface area contributed by atoms with Gasteiger partial charge in [0.05, 0.1) is 6.54 Å². The molecule has 29 heavy (non-hydrogen) atoms. The van der Waals surface area contributed by atoms with E-state index in [0.29, 0.717) is 23.7 Å². The zero-order chi connectivity index (χ0) is 21.0. The van der Waals surface area contributed by atoms with Crippen molar-refractivity contribution in [3.05, 3.63) is 94.5 Å². The van der Waals surface area contributed by atoms with E-state index in [2.05, 4.69) is 18.4 Å². The maximum atomic E-state index is 13.7. The van der Waals surface area contributed by atoms with Gasteiger partial charge in [-0.2, -0.15) is 0 Å². The second-order valence-electron chi connectivity index (χ2n) is 7.69. The van der Waals surface area contributed by atoms with Crippen molar-refractivity contribution < 1.29 is 9.18 Å². The second-order valence-corrected chi connectivity index (χ2v) is 8.12. The number of rotatable bonds is 7. The number of hydrogen-bond donors (Lipinski definition) is 0. The molecule has 1 heterocycles. The average molecular weight is 413 g/mol. The van der Waals surface area contributed by atoms with E-state index in [-0.39, 0.29) is 17.9 Å². The van der Waals surface area contributed by atoms with E-state index in [1.54, 1.807) is 12.1 Å². The summed E-state index contributed by atoms with van der Waals surface area (Å²) in [6.07, 6.45) is 2.00. The predicted octanol–water partition coefficient (Wildman–Crippen LogP) is 6.02. The van der Waals surface area contributed by atoms with Gasteiger partial charge in [0.25, 0.3) is 5.91 Å². The van der Waals surface area contributed by atoms with Crippen molar-refractivity contribution in [2.45, 2.75) is 39.9 Å². The topological polar surface area (TPSA) is 25.2 Å². The Kier molecular flexibility index (Phi) is 6.75. The Bertz CT molecular complexity index is 982. The maximum absolute atomic E-state index is 13.7. The molecule has 0 aliphatic carbocycles. The third-order valence-electron chi connectivity index (χ3n) is 5.29. The predicted molar refractivity (Wildman–Crippen MR) is 116 cm³/mol. The van der Waals surface area contributed by atoms with Gasteiger partial charge in [-0.3, -0.25) is 4.79 Å². The van der Waals surface area contributed by atoms with Crippen LogP contribution in [0.2, 0.25) is 5.02 Å². The van der Waals surface area contributed by atoms with Crippen molar-refractivity contribution in [2.75, 3.05) is 0 Å². The normalized spacial score (nSPS) is 12.2. The molecular weight excluding hydrogens is 387 g/mol. The number of carbonyl (C=O) groups excluding carboxylic acids is 1. The minimum Gasteiger partial charge on any atom is -0.345 e. The van der Waals surface area contributed by atoms with Crippen LogP contribution in [0.5, 0.6) is 0 Å². The van der Waals surface area contributed by atoms with Crippen LogP contribution in [-0.4, -0.2) is 21.4 Å². The highest BCUT2D eigenvalue weighted by atomic mass is 35.5. The minimum absolute atomic E-state index is 0.000266. The molecule has 1 unspecified atom stereocenters. The highest BCUT2D eigenvalue weighted by Gasteiger charge is 2.25. The lowest BCUT2D eigenvalue weighted by atomic mass is 10.0. The minimum atomic E-state index is -0.405. The van der Waals surface area contributed by atoms with Crippen LogP contribution < -0.4 is 0 Å². The second kappa shape index (κ2) is 9.27. The number of carbonyl (C=O) groups is 1. The molecule has 0 saturated heterocycles. The van der Waals surface area contributed by atoms with Crippen LogP contribution in [0.4, 0.5) is 4.39 Å². The molecule has 1 aromatic heterocycles. The number of hydrogen-bond acceptors (Lipinski definition) is 1. The highest BCUT2D eigenvalue weighted by molar-refractivity contribution is 6.30. The number of aromatic nitrogens is 1. The summed E-state index contributed by atoms with van der Waals surface area (Å²) in [6.45, 7) is 7.32. The molecule has 0 aliphatic heterocycles. The Morgan fingerprint density at radius 1 is 1.07 bits per heavy atom. The molecule has 1 atom stereocenters. The fraction of sp³-hybridized carbons (Fsp3) is 0.292. The van der Waals surface area contributed by atoms with Crippen LogP contribution in [0.3, 0.4) is 0 Å². The first-order valence-corrected chi connectivity index (χ1v) is 10.2. The van der Waals surface area contributed by atoms with Crippen molar-refractivity contribution in [3.8, 4) is 0 Å². The summed E-state index contributed by atoms with van der Waals surface area (Å²) in [7, 11) is 0. The summed E-state index contributed by atoms with van der Waals surface area (Å²) in [5.41, 5.74) is 2.47. The molecular formula is C24H26ClFN2O. The van der Waals surface area contributed by atoms with Crippen molar-refractivity contribution in [1.29, 1.82) is 0 Å². The molecule has 0 bridgehead atoms. The molecule has 0 spiro atoms. The average Bonchev–Trinajstić information content (AvgIpc) is 3.11. The first-order chi connectivity index (χ1) is 13.8. The van der Waals surface area contributed by atoms with Gasteiger partial charge >= 0.3 is 0 Å². The van der Waals surface area contributed by atoms with E-state index in [0.717, 1.165) is 11.3 Å². The first-order valence-electron chi connectivity index (χ1n) is 9.80. The summed E-state index contributed by atoms with van der Waals surface area (Å²) in [4.78, 5) is 15.0. The van der Waals surface area contributed by atoms with Crippen LogP contribution in [0.15, 0.2) is 66.9 Å². The highest BCUT2D eigenvalue weighted by Crippen LogP contribution is 2.20. The third kappa shape index (κ3) is 5.27. The van der Waals surface area contributed by atoms with Crippen LogP contribution in [-0.2, 0) is 13.1 Å². The van der Waals surface area contributed by atoms with Gasteiger partial charge in [0.2, 0.25) is 0 Å². The molecule has 0 fully saturated rings. The van der Waals surface area contributed by atoms with Gasteiger partial charge < -0.3 is 9.47 Å². The van der Waals surface area contributed by atoms with Gasteiger partial charge in [0.1, 0.15) is 5.82 Å². The van der Waals surface area contributed by atoms with Gasteiger partial charge in [0, 0.05) is 35.1 Å². The Hall–Kier alpha value is -2.59. The van der Waals surface area contributed by atoms with Gasteiger partial charge in [-0.15, -0.1) is 0 Å². The summed E-state index contributed by atoms with van der Waals surface area (Å²) < 4.78 is 15.8. The summed E-state index contributed by atoms with van der Waals surface area (Å²) in [6, 6.07) is 17.6. The summed E-state index contributed by atoms with van der Waals surface area (Å²) in [5.74, 6) is -0.303. The first kappa shape index (κ1) is 21.1. The third-order valence-corrected chi connectivity index (χ3v) is 5.52. The van der Waals surface area contributed by atoms with Crippen LogP contribution >= 0.6 is 11.6 Å². The van der Waals surface area contributed by atoms with Crippen LogP contribution in [0, 0.1) is 11.7 Å². The lowest BCUT2D eigenvalue weighted by molar-refractivity contribution is 0.0622. The van der Waals surface area contributed by atoms with E-state index >= 15 is 0 Å². The molecule has 0 saturated carbocycles. The quantitative estimate of drug-likeness (QED) is 0.466. The summed E-state index contributed by atoms with van der Waals surface area (Å²) in [5, 5.41) is 0.701. The summed E-state index contributed by atoms with van der Waals surface area (Å²) >= 11 is 6.11. The number of benzene rings is 2. The monoisotopic (exact) mass is 412 g/mol. The lowest BCUT2D eigenvalue weighted by Gasteiger charge is -2.32. The van der Waals surface area contributed by atoms with Gasteiger partial charge in [-0.05, 0) is 60.9 Å². The Balaban J connectivity index is 1.87. The number of amides is 1. The van der Waals surface area contributed by atoms with Crippen molar-refractivity contribution >= 4 is 17.5 Å². The molecule has 2 aromatic carbocycles. The standard InChI is InChI=1S/C24H26ClFN2O/c1-17(2)18(3)28(24(29)20-8-5-10-22(26)14-20)16-23-11-6-12-27(23)15-19-7-4-9-21(25)13-19/h4-14,17-18H,15-16H2,1-3H3. The molecule has 3 rings (SSSR count). The van der Waals surface area contributed by atoms with Crippen molar-refractivity contribution in [1.82, 2.24) is 9.47 Å². The van der Waals surface area contributed by atoms with Crippen LogP contribution in [0.25, 0.3) is 0 Å². The molecule has 0 N–H and O–H groups in total. The van der Waals surface area contributed by atoms with Gasteiger partial charge in [-0.1, -0.05) is 43.6 Å². The fourth-order valence-corrected chi connectivity index (χ4v) is 3.51. The Morgan fingerprint density at radius 3 is 2.52 bits per heavy atom. The Morgan fingerprint density at radius 2 is 1.83 bits per heavy atom. The zero-order valence-corrected chi connectivity index (χ0v) is 17.7. The van der Waals surface area contributed by atoms with Crippen molar-refractivity contribution in [2.24, 2.45) is 5.92 Å². The number of nitrogens with zero attached hydrogens (tertiary/aromatic N) is 2. The molecule has 1 amide bonds. The molecule has 5 heteroatoms. The van der Waals surface area contributed by atoms with E-state index in [1.807, 2.05) is 54.4 Å². The molecule has 0 aliphatic rings. The molecule has 3 nitrogen and oxygen atoms in total. The van der Waals surface area contributed by atoms with Gasteiger partial charge in [-0.25, -0.2) is 4.39 Å². The molecule has 152 valence electrons. The Labute approximate surface area is 176 Å². The van der Waals surface area contributed by atoms with Crippen LogP contribution in [0.1, 0.15) is 42.4 Å². The maximum Gasteiger partial charge on any atom is 0.254 e. The van der Waals surface area contributed by atoms with Gasteiger partial charge in [0.15, 0.2) is 0 Å². The lowest BCUT2D eigenvalue weighted by Crippen LogP contribution is -2.41. The van der Waals surface area contributed by atoms with E-state index < -0.39 is 5.82 Å². The van der Waals surface area contributed by atoms with E-state index in [4.69, 9.17) is 11.6 Å². The van der Waals surface area contributed by atoms with E-state index in [9.17, 15) is 9.18 Å². The smallest absolute Gasteiger partial charge is 0.254 e. The number of halogens is 2. The SMILES string of the molecule is CC(C)C(C)N(Cc1cccn1Cc1cccc(Cl)c1)C(=O)c1cccc(F)c1. The molecule has 0 radical (unpaired) electrons.